The Morgan fingerprint density at radius 1 is 1.17 bits per heavy atom. The molecular weight excluding hydrogens is 298 g/mol. The molecule has 0 saturated heterocycles. The Hall–Kier alpha value is -2.29. The van der Waals surface area contributed by atoms with Gasteiger partial charge in [0.2, 0.25) is 5.91 Å². The predicted octanol–water partition coefficient (Wildman–Crippen LogP) is 3.77. The van der Waals surface area contributed by atoms with Crippen molar-refractivity contribution in [3.63, 3.8) is 0 Å². The highest BCUT2D eigenvalue weighted by atomic mass is 16.5. The molecule has 0 spiro atoms. The molecule has 3 heteroatoms. The zero-order valence-corrected chi connectivity index (χ0v) is 14.1. The third-order valence-corrected chi connectivity index (χ3v) is 5.19. The van der Waals surface area contributed by atoms with Crippen LogP contribution >= 0.6 is 0 Å². The van der Waals surface area contributed by atoms with Crippen LogP contribution in [0.25, 0.3) is 0 Å². The van der Waals surface area contributed by atoms with Gasteiger partial charge < -0.3 is 9.64 Å². The standard InChI is InChI=1S/C21H23NO2/c1-24-18-9-10-19-17(14-18)11-12-22(21(23)16-7-8-16)20(19)13-15-5-3-2-4-6-15/h2-6,9-10,14,16,20H,7-8,11-13H2,1H3. The second-order valence-electron chi connectivity index (χ2n) is 6.83. The van der Waals surface area contributed by atoms with Crippen molar-refractivity contribution in [2.45, 2.75) is 31.7 Å². The summed E-state index contributed by atoms with van der Waals surface area (Å²) in [6.45, 7) is 0.813. The summed E-state index contributed by atoms with van der Waals surface area (Å²) < 4.78 is 5.38. The van der Waals surface area contributed by atoms with Crippen LogP contribution in [0.5, 0.6) is 5.75 Å². The van der Waals surface area contributed by atoms with Crippen LogP contribution in [0.1, 0.15) is 35.6 Å². The van der Waals surface area contributed by atoms with E-state index in [1.165, 1.54) is 16.7 Å². The fourth-order valence-electron chi connectivity index (χ4n) is 3.70. The van der Waals surface area contributed by atoms with Gasteiger partial charge in [-0.25, -0.2) is 0 Å². The molecule has 0 N–H and O–H groups in total. The summed E-state index contributed by atoms with van der Waals surface area (Å²) in [5.41, 5.74) is 3.87. The molecule has 1 aliphatic carbocycles. The average Bonchev–Trinajstić information content (AvgIpc) is 3.47. The minimum Gasteiger partial charge on any atom is -0.497 e. The van der Waals surface area contributed by atoms with E-state index in [0.717, 1.165) is 38.0 Å². The van der Waals surface area contributed by atoms with Gasteiger partial charge in [-0.05, 0) is 54.5 Å². The van der Waals surface area contributed by atoms with E-state index < -0.39 is 0 Å². The Morgan fingerprint density at radius 3 is 2.67 bits per heavy atom. The van der Waals surface area contributed by atoms with Gasteiger partial charge in [0, 0.05) is 12.5 Å². The van der Waals surface area contributed by atoms with Gasteiger partial charge in [0.1, 0.15) is 5.75 Å². The average molecular weight is 321 g/mol. The van der Waals surface area contributed by atoms with Gasteiger partial charge in [0.05, 0.1) is 13.2 Å². The van der Waals surface area contributed by atoms with Crippen LogP contribution in [-0.4, -0.2) is 24.5 Å². The molecule has 2 aliphatic rings. The van der Waals surface area contributed by atoms with E-state index in [2.05, 4.69) is 41.3 Å². The molecule has 1 atom stereocenters. The molecule has 3 nitrogen and oxygen atoms in total. The summed E-state index contributed by atoms with van der Waals surface area (Å²) in [7, 11) is 1.70. The van der Waals surface area contributed by atoms with E-state index in [-0.39, 0.29) is 12.0 Å². The van der Waals surface area contributed by atoms with Gasteiger partial charge in [-0.1, -0.05) is 36.4 Å². The molecule has 1 amide bonds. The Bertz CT molecular complexity index is 737. The van der Waals surface area contributed by atoms with Crippen molar-refractivity contribution >= 4 is 5.91 Å². The molecule has 124 valence electrons. The summed E-state index contributed by atoms with van der Waals surface area (Å²) in [6.07, 6.45) is 3.90. The van der Waals surface area contributed by atoms with Gasteiger partial charge in [0.15, 0.2) is 0 Å². The Balaban J connectivity index is 1.69. The molecule has 0 bridgehead atoms. The highest BCUT2D eigenvalue weighted by molar-refractivity contribution is 5.82. The van der Waals surface area contributed by atoms with E-state index in [1.54, 1.807) is 7.11 Å². The Kier molecular flexibility index (Phi) is 4.01. The van der Waals surface area contributed by atoms with Gasteiger partial charge in [-0.3, -0.25) is 4.79 Å². The number of methoxy groups -OCH3 is 1. The van der Waals surface area contributed by atoms with Crippen molar-refractivity contribution in [3.05, 3.63) is 65.2 Å². The first kappa shape index (κ1) is 15.3. The SMILES string of the molecule is COc1ccc2c(c1)CCN(C(=O)C1CC1)C2Cc1ccccc1. The lowest BCUT2D eigenvalue weighted by Gasteiger charge is -2.38. The first-order valence-corrected chi connectivity index (χ1v) is 8.77. The summed E-state index contributed by atoms with van der Waals surface area (Å²) >= 11 is 0. The van der Waals surface area contributed by atoms with Crippen molar-refractivity contribution in [1.82, 2.24) is 4.90 Å². The summed E-state index contributed by atoms with van der Waals surface area (Å²) in [5, 5.41) is 0. The minimum atomic E-state index is 0.134. The van der Waals surface area contributed by atoms with Crippen LogP contribution in [0.3, 0.4) is 0 Å². The molecule has 4 rings (SSSR count). The maximum Gasteiger partial charge on any atom is 0.226 e. The van der Waals surface area contributed by atoms with Crippen molar-refractivity contribution in [3.8, 4) is 5.75 Å². The predicted molar refractivity (Wildman–Crippen MR) is 94.0 cm³/mol. The lowest BCUT2D eigenvalue weighted by atomic mass is 9.88. The molecular formula is C21H23NO2. The van der Waals surface area contributed by atoms with Gasteiger partial charge in [-0.15, -0.1) is 0 Å². The molecule has 1 fully saturated rings. The van der Waals surface area contributed by atoms with Crippen LogP contribution in [0.2, 0.25) is 0 Å². The van der Waals surface area contributed by atoms with Crippen LogP contribution in [0.4, 0.5) is 0 Å². The van der Waals surface area contributed by atoms with Crippen LogP contribution in [0, 0.1) is 5.92 Å². The molecule has 2 aromatic carbocycles. The quantitative estimate of drug-likeness (QED) is 0.858. The first-order chi connectivity index (χ1) is 11.8. The van der Waals surface area contributed by atoms with E-state index in [0.29, 0.717) is 5.91 Å². The number of benzene rings is 2. The van der Waals surface area contributed by atoms with Crippen molar-refractivity contribution in [1.29, 1.82) is 0 Å². The summed E-state index contributed by atoms with van der Waals surface area (Å²) in [6, 6.07) is 16.9. The zero-order valence-electron chi connectivity index (χ0n) is 14.1. The number of amides is 1. The van der Waals surface area contributed by atoms with E-state index in [4.69, 9.17) is 4.74 Å². The fourth-order valence-corrected chi connectivity index (χ4v) is 3.70. The third-order valence-electron chi connectivity index (χ3n) is 5.19. The number of fused-ring (bicyclic) bond motifs is 1. The number of hydrogen-bond donors (Lipinski definition) is 0. The minimum absolute atomic E-state index is 0.134. The first-order valence-electron chi connectivity index (χ1n) is 8.77. The van der Waals surface area contributed by atoms with Gasteiger partial charge in [0.25, 0.3) is 0 Å². The van der Waals surface area contributed by atoms with Crippen molar-refractivity contribution < 1.29 is 9.53 Å². The summed E-state index contributed by atoms with van der Waals surface area (Å²) in [5.74, 6) is 1.51. The highest BCUT2D eigenvalue weighted by Crippen LogP contribution is 2.39. The monoisotopic (exact) mass is 321 g/mol. The molecule has 0 radical (unpaired) electrons. The smallest absolute Gasteiger partial charge is 0.226 e. The molecule has 1 aliphatic heterocycles. The van der Waals surface area contributed by atoms with Crippen LogP contribution < -0.4 is 4.74 Å². The second kappa shape index (κ2) is 6.31. The zero-order chi connectivity index (χ0) is 16.5. The van der Waals surface area contributed by atoms with E-state index in [1.807, 2.05) is 12.1 Å². The Morgan fingerprint density at radius 2 is 1.96 bits per heavy atom. The number of ether oxygens (including phenoxy) is 1. The molecule has 1 heterocycles. The topological polar surface area (TPSA) is 29.5 Å². The maximum absolute atomic E-state index is 12.8. The van der Waals surface area contributed by atoms with Gasteiger partial charge >= 0.3 is 0 Å². The normalized spacial score (nSPS) is 19.7. The second-order valence-corrected chi connectivity index (χ2v) is 6.83. The third kappa shape index (κ3) is 2.91. The van der Waals surface area contributed by atoms with E-state index in [9.17, 15) is 4.79 Å². The maximum atomic E-state index is 12.8. The Labute approximate surface area is 143 Å². The number of carbonyl (C=O) groups is 1. The number of nitrogens with zero attached hydrogens (tertiary/aromatic N) is 1. The van der Waals surface area contributed by atoms with Crippen LogP contribution in [0.15, 0.2) is 48.5 Å². The molecule has 24 heavy (non-hydrogen) atoms. The number of hydrogen-bond acceptors (Lipinski definition) is 2. The van der Waals surface area contributed by atoms with Crippen molar-refractivity contribution in [2.24, 2.45) is 5.92 Å². The molecule has 0 aromatic heterocycles. The number of carbonyl (C=O) groups excluding carboxylic acids is 1. The molecule has 1 unspecified atom stereocenters. The highest BCUT2D eigenvalue weighted by Gasteiger charge is 2.38. The molecule has 1 saturated carbocycles. The fraction of sp³-hybridized carbons (Fsp3) is 0.381. The molecule has 2 aromatic rings. The van der Waals surface area contributed by atoms with Crippen LogP contribution in [-0.2, 0) is 17.6 Å². The van der Waals surface area contributed by atoms with Crippen molar-refractivity contribution in [2.75, 3.05) is 13.7 Å². The summed E-state index contributed by atoms with van der Waals surface area (Å²) in [4.78, 5) is 14.9. The van der Waals surface area contributed by atoms with E-state index >= 15 is 0 Å². The number of rotatable bonds is 4. The lowest BCUT2D eigenvalue weighted by molar-refractivity contribution is -0.135. The largest absolute Gasteiger partial charge is 0.497 e. The van der Waals surface area contributed by atoms with Gasteiger partial charge in [-0.2, -0.15) is 0 Å². The lowest BCUT2D eigenvalue weighted by Crippen LogP contribution is -2.41.